The summed E-state index contributed by atoms with van der Waals surface area (Å²) in [6.45, 7) is 6.21. The summed E-state index contributed by atoms with van der Waals surface area (Å²) >= 11 is 0. The highest BCUT2D eigenvalue weighted by molar-refractivity contribution is 5.13. The fraction of sp³-hybridized carbons (Fsp3) is 0.647. The van der Waals surface area contributed by atoms with Gasteiger partial charge in [-0.2, -0.15) is 0 Å². The van der Waals surface area contributed by atoms with Crippen LogP contribution >= 0.6 is 0 Å². The third-order valence-electron chi connectivity index (χ3n) is 4.22. The number of aliphatic hydroxyl groups excluding tert-OH is 1. The minimum absolute atomic E-state index is 0.401. The van der Waals surface area contributed by atoms with Crippen LogP contribution in [0, 0.1) is 0 Å². The first-order chi connectivity index (χ1) is 9.66. The number of β-amino-alcohol motifs (C(OH)–C–C–N with tert-alkyl or cyclic N) is 1. The van der Waals surface area contributed by atoms with Crippen LogP contribution in [0.25, 0.3) is 0 Å². The lowest BCUT2D eigenvalue weighted by Gasteiger charge is -2.40. The van der Waals surface area contributed by atoms with E-state index in [-0.39, 0.29) is 0 Å². The van der Waals surface area contributed by atoms with Crippen molar-refractivity contribution in [3.63, 3.8) is 0 Å². The van der Waals surface area contributed by atoms with Gasteiger partial charge in [0.25, 0.3) is 0 Å². The first-order valence-electron chi connectivity index (χ1n) is 7.72. The van der Waals surface area contributed by atoms with Gasteiger partial charge in [-0.1, -0.05) is 36.8 Å². The summed E-state index contributed by atoms with van der Waals surface area (Å²) in [6.07, 6.45) is 3.38. The monoisotopic (exact) mass is 277 g/mol. The average molecular weight is 277 g/mol. The topological polar surface area (TPSA) is 32.7 Å². The third kappa shape index (κ3) is 4.58. The number of benzene rings is 1. The largest absolute Gasteiger partial charge is 0.389 e. The van der Waals surface area contributed by atoms with Gasteiger partial charge in [0.05, 0.1) is 19.3 Å². The Hall–Kier alpha value is -0.900. The predicted octanol–water partition coefficient (Wildman–Crippen LogP) is 2.83. The van der Waals surface area contributed by atoms with E-state index in [1.807, 2.05) is 30.3 Å². The van der Waals surface area contributed by atoms with Crippen LogP contribution in [-0.2, 0) is 11.3 Å². The van der Waals surface area contributed by atoms with Gasteiger partial charge in [-0.25, -0.2) is 0 Å². The Kier molecular flexibility index (Phi) is 6.02. The van der Waals surface area contributed by atoms with E-state index in [0.717, 1.165) is 12.1 Å². The number of ether oxygens (including phenoxy) is 1. The van der Waals surface area contributed by atoms with Crippen molar-refractivity contribution in [2.45, 2.75) is 57.9 Å². The summed E-state index contributed by atoms with van der Waals surface area (Å²) in [4.78, 5) is 2.42. The molecular formula is C17H27NO2. The van der Waals surface area contributed by atoms with E-state index in [0.29, 0.717) is 25.3 Å². The molecule has 1 aromatic rings. The Morgan fingerprint density at radius 1 is 1.20 bits per heavy atom. The Morgan fingerprint density at radius 2 is 1.85 bits per heavy atom. The lowest BCUT2D eigenvalue weighted by atomic mass is 9.97. The fourth-order valence-electron chi connectivity index (χ4n) is 3.02. The van der Waals surface area contributed by atoms with Gasteiger partial charge in [0, 0.05) is 18.6 Å². The van der Waals surface area contributed by atoms with Crippen molar-refractivity contribution in [1.82, 2.24) is 4.90 Å². The van der Waals surface area contributed by atoms with Crippen molar-refractivity contribution in [1.29, 1.82) is 0 Å². The molecule has 0 unspecified atom stereocenters. The maximum absolute atomic E-state index is 10.1. The zero-order valence-electron chi connectivity index (χ0n) is 12.7. The van der Waals surface area contributed by atoms with Crippen LogP contribution in [0.1, 0.15) is 38.7 Å². The first-order valence-corrected chi connectivity index (χ1v) is 7.72. The maximum Gasteiger partial charge on any atom is 0.0900 e. The molecule has 1 fully saturated rings. The number of rotatable bonds is 6. The SMILES string of the molecule is C[C@H]1CCC[C@H](C)N1C[C@H](O)COCc1ccccc1. The van der Waals surface area contributed by atoms with E-state index in [1.54, 1.807) is 0 Å². The smallest absolute Gasteiger partial charge is 0.0900 e. The van der Waals surface area contributed by atoms with E-state index in [9.17, 15) is 5.11 Å². The fourth-order valence-corrected chi connectivity index (χ4v) is 3.02. The number of aliphatic hydroxyl groups is 1. The Labute approximate surface area is 122 Å². The molecule has 0 amide bonds. The van der Waals surface area contributed by atoms with Crippen LogP contribution in [0.15, 0.2) is 30.3 Å². The van der Waals surface area contributed by atoms with Crippen LogP contribution in [0.5, 0.6) is 0 Å². The Bertz CT molecular complexity index is 372. The first kappa shape index (κ1) is 15.5. The Balaban J connectivity index is 1.70. The molecule has 112 valence electrons. The van der Waals surface area contributed by atoms with Crippen molar-refractivity contribution in [2.75, 3.05) is 13.2 Å². The zero-order valence-corrected chi connectivity index (χ0v) is 12.7. The predicted molar refractivity (Wildman–Crippen MR) is 81.6 cm³/mol. The zero-order chi connectivity index (χ0) is 14.4. The molecular weight excluding hydrogens is 250 g/mol. The van der Waals surface area contributed by atoms with Gasteiger partial charge in [0.15, 0.2) is 0 Å². The second kappa shape index (κ2) is 7.77. The standard InChI is InChI=1S/C17H27NO2/c1-14-7-6-8-15(2)18(14)11-17(19)13-20-12-16-9-4-3-5-10-16/h3-5,9-10,14-15,17,19H,6-8,11-13H2,1-2H3/t14-,15-,17-/m0/s1. The van der Waals surface area contributed by atoms with Crippen molar-refractivity contribution in [2.24, 2.45) is 0 Å². The summed E-state index contributed by atoms with van der Waals surface area (Å²) in [6, 6.07) is 11.2. The highest BCUT2D eigenvalue weighted by Gasteiger charge is 2.26. The quantitative estimate of drug-likeness (QED) is 0.868. The normalized spacial score (nSPS) is 25.6. The second-order valence-corrected chi connectivity index (χ2v) is 5.98. The molecule has 0 aliphatic carbocycles. The van der Waals surface area contributed by atoms with E-state index >= 15 is 0 Å². The lowest BCUT2D eigenvalue weighted by molar-refractivity contribution is -0.0135. The second-order valence-electron chi connectivity index (χ2n) is 5.98. The van der Waals surface area contributed by atoms with Crippen molar-refractivity contribution in [3.05, 3.63) is 35.9 Å². The van der Waals surface area contributed by atoms with E-state index in [4.69, 9.17) is 4.74 Å². The van der Waals surface area contributed by atoms with Crippen molar-refractivity contribution in [3.8, 4) is 0 Å². The number of hydrogen-bond donors (Lipinski definition) is 1. The van der Waals surface area contributed by atoms with Crippen LogP contribution in [0.3, 0.4) is 0 Å². The number of hydrogen-bond acceptors (Lipinski definition) is 3. The molecule has 20 heavy (non-hydrogen) atoms. The molecule has 1 heterocycles. The molecule has 0 bridgehead atoms. The third-order valence-corrected chi connectivity index (χ3v) is 4.22. The molecule has 0 spiro atoms. The number of nitrogens with zero attached hydrogens (tertiary/aromatic N) is 1. The van der Waals surface area contributed by atoms with E-state index < -0.39 is 6.10 Å². The van der Waals surface area contributed by atoms with Gasteiger partial charge >= 0.3 is 0 Å². The van der Waals surface area contributed by atoms with Crippen LogP contribution in [0.2, 0.25) is 0 Å². The number of likely N-dealkylation sites (tertiary alicyclic amines) is 1. The lowest BCUT2D eigenvalue weighted by Crippen LogP contribution is -2.48. The summed E-state index contributed by atoms with van der Waals surface area (Å²) < 4.78 is 5.62. The molecule has 1 saturated heterocycles. The van der Waals surface area contributed by atoms with Crippen molar-refractivity contribution >= 4 is 0 Å². The highest BCUT2D eigenvalue weighted by Crippen LogP contribution is 2.22. The van der Waals surface area contributed by atoms with Crippen LogP contribution in [0.4, 0.5) is 0 Å². The molecule has 1 N–H and O–H groups in total. The van der Waals surface area contributed by atoms with Gasteiger partial charge in [0.2, 0.25) is 0 Å². The summed E-state index contributed by atoms with van der Waals surface area (Å²) in [5, 5.41) is 10.1. The molecule has 1 aliphatic rings. The Morgan fingerprint density at radius 3 is 2.50 bits per heavy atom. The average Bonchev–Trinajstić information content (AvgIpc) is 2.44. The molecule has 3 nitrogen and oxygen atoms in total. The molecule has 0 radical (unpaired) electrons. The van der Waals surface area contributed by atoms with Crippen molar-refractivity contribution < 1.29 is 9.84 Å². The summed E-state index contributed by atoms with van der Waals surface area (Å²) in [7, 11) is 0. The molecule has 0 saturated carbocycles. The van der Waals surface area contributed by atoms with Gasteiger partial charge in [-0.3, -0.25) is 4.90 Å². The minimum Gasteiger partial charge on any atom is -0.389 e. The molecule has 1 aromatic carbocycles. The van der Waals surface area contributed by atoms with Gasteiger partial charge in [-0.15, -0.1) is 0 Å². The molecule has 2 rings (SSSR count). The summed E-state index contributed by atoms with van der Waals surface area (Å²) in [5.74, 6) is 0. The van der Waals surface area contributed by atoms with Gasteiger partial charge in [-0.05, 0) is 32.3 Å². The molecule has 3 heteroatoms. The van der Waals surface area contributed by atoms with Gasteiger partial charge < -0.3 is 9.84 Å². The molecule has 0 aromatic heterocycles. The summed E-state index contributed by atoms with van der Waals surface area (Å²) in [5.41, 5.74) is 1.15. The van der Waals surface area contributed by atoms with Gasteiger partial charge in [0.1, 0.15) is 0 Å². The van der Waals surface area contributed by atoms with E-state index in [2.05, 4.69) is 18.7 Å². The van der Waals surface area contributed by atoms with Crippen LogP contribution < -0.4 is 0 Å². The maximum atomic E-state index is 10.1. The molecule has 1 aliphatic heterocycles. The van der Waals surface area contributed by atoms with E-state index in [1.165, 1.54) is 19.3 Å². The number of piperidine rings is 1. The minimum atomic E-state index is -0.401. The highest BCUT2D eigenvalue weighted by atomic mass is 16.5. The van der Waals surface area contributed by atoms with Crippen LogP contribution in [-0.4, -0.2) is 41.3 Å². The molecule has 3 atom stereocenters.